The highest BCUT2D eigenvalue weighted by Crippen LogP contribution is 2.36. The van der Waals surface area contributed by atoms with Crippen LogP contribution in [0.1, 0.15) is 59.4 Å². The highest BCUT2D eigenvalue weighted by molar-refractivity contribution is 6.76. The van der Waals surface area contributed by atoms with E-state index in [0.29, 0.717) is 39.5 Å². The van der Waals surface area contributed by atoms with Crippen LogP contribution in [0.2, 0.25) is 43.8 Å². The van der Waals surface area contributed by atoms with Gasteiger partial charge in [-0.05, 0) is 74.0 Å². The van der Waals surface area contributed by atoms with E-state index in [0.717, 1.165) is 30.4 Å². The van der Waals surface area contributed by atoms with Crippen LogP contribution >= 0.6 is 0 Å². The maximum absolute atomic E-state index is 10.7. The van der Waals surface area contributed by atoms with Crippen molar-refractivity contribution in [1.82, 2.24) is 0 Å². The van der Waals surface area contributed by atoms with E-state index in [1.54, 1.807) is 7.11 Å². The van der Waals surface area contributed by atoms with Crippen LogP contribution in [0, 0.1) is 5.92 Å². The predicted molar refractivity (Wildman–Crippen MR) is 172 cm³/mol. The average Bonchev–Trinajstić information content (AvgIpc) is 2.83. The van der Waals surface area contributed by atoms with E-state index in [2.05, 4.69) is 73.4 Å². The molecule has 1 aromatic rings. The van der Waals surface area contributed by atoms with Gasteiger partial charge < -0.3 is 28.5 Å². The van der Waals surface area contributed by atoms with Crippen LogP contribution in [0.25, 0.3) is 0 Å². The normalized spacial score (nSPS) is 15.7. The minimum absolute atomic E-state index is 0.0709. The number of benzene rings is 1. The van der Waals surface area contributed by atoms with E-state index in [4.69, 9.17) is 23.4 Å². The molecule has 0 saturated heterocycles. The lowest BCUT2D eigenvalue weighted by Crippen LogP contribution is -2.43. The number of rotatable bonds is 20. The second-order valence-corrected chi connectivity index (χ2v) is 24.5. The molecule has 0 amide bonds. The molecule has 232 valence electrons. The van der Waals surface area contributed by atoms with Crippen molar-refractivity contribution in [1.29, 1.82) is 0 Å². The fraction of sp³-hybridized carbons (Fsp3) is 0.750. The van der Waals surface area contributed by atoms with Crippen LogP contribution in [0.4, 0.5) is 0 Å². The number of methoxy groups -OCH3 is 1. The van der Waals surface area contributed by atoms with Crippen molar-refractivity contribution >= 4 is 16.4 Å². The first kappa shape index (κ1) is 37.0. The van der Waals surface area contributed by atoms with Gasteiger partial charge in [-0.3, -0.25) is 0 Å². The van der Waals surface area contributed by atoms with E-state index in [1.807, 2.05) is 24.3 Å². The van der Waals surface area contributed by atoms with E-state index < -0.39 is 22.5 Å². The first-order chi connectivity index (χ1) is 18.5. The molecular weight excluding hydrogens is 537 g/mol. The van der Waals surface area contributed by atoms with E-state index in [9.17, 15) is 5.11 Å². The smallest absolute Gasteiger partial charge is 0.192 e. The molecule has 3 atom stereocenters. The van der Waals surface area contributed by atoms with Gasteiger partial charge in [0.05, 0.1) is 32.5 Å². The molecule has 1 rings (SSSR count). The summed E-state index contributed by atoms with van der Waals surface area (Å²) in [5.41, 5.74) is 2.28. The molecule has 1 N–H and O–H groups in total. The quantitative estimate of drug-likeness (QED) is 0.0711. The molecule has 40 heavy (non-hydrogen) atoms. The Morgan fingerprint density at radius 1 is 1.00 bits per heavy atom. The van der Waals surface area contributed by atoms with Crippen molar-refractivity contribution in [2.24, 2.45) is 5.92 Å². The average molecular weight is 597 g/mol. The van der Waals surface area contributed by atoms with Crippen molar-refractivity contribution in [2.75, 3.05) is 33.7 Å². The van der Waals surface area contributed by atoms with Gasteiger partial charge in [0.2, 0.25) is 0 Å². The molecular formula is C32H60O6Si2. The van der Waals surface area contributed by atoms with Gasteiger partial charge in [0, 0.05) is 21.3 Å². The summed E-state index contributed by atoms with van der Waals surface area (Å²) in [5, 5.41) is 10.9. The first-order valence-corrected chi connectivity index (χ1v) is 21.5. The molecule has 6 nitrogen and oxygen atoms in total. The van der Waals surface area contributed by atoms with E-state index in [-0.39, 0.29) is 17.1 Å². The summed E-state index contributed by atoms with van der Waals surface area (Å²) >= 11 is 0. The topological polar surface area (TPSA) is 66.4 Å². The zero-order chi connectivity index (χ0) is 30.4. The minimum atomic E-state index is -1.88. The number of aliphatic hydroxyl groups excluding tert-OH is 1. The second-order valence-electron chi connectivity index (χ2n) is 14.0. The molecule has 0 fully saturated rings. The molecule has 0 spiro atoms. The number of ether oxygens (including phenoxy) is 4. The van der Waals surface area contributed by atoms with Crippen molar-refractivity contribution in [3.63, 3.8) is 0 Å². The third-order valence-corrected chi connectivity index (χ3v) is 13.8. The van der Waals surface area contributed by atoms with Crippen LogP contribution in [0.5, 0.6) is 5.75 Å². The Morgan fingerprint density at radius 3 is 2.23 bits per heavy atom. The lowest BCUT2D eigenvalue weighted by molar-refractivity contribution is -0.0966. The van der Waals surface area contributed by atoms with Crippen LogP contribution in [-0.2, 0) is 25.2 Å². The zero-order valence-electron chi connectivity index (χ0n) is 27.5. The van der Waals surface area contributed by atoms with Gasteiger partial charge in [-0.15, -0.1) is 0 Å². The maximum Gasteiger partial charge on any atom is 0.192 e. The molecule has 0 aromatic heterocycles. The molecule has 0 aliphatic heterocycles. The van der Waals surface area contributed by atoms with E-state index in [1.165, 1.54) is 5.57 Å². The van der Waals surface area contributed by atoms with E-state index >= 15 is 0 Å². The van der Waals surface area contributed by atoms with Gasteiger partial charge in [0.15, 0.2) is 8.32 Å². The van der Waals surface area contributed by atoms with Gasteiger partial charge in [0.25, 0.3) is 0 Å². The molecule has 1 unspecified atom stereocenters. The van der Waals surface area contributed by atoms with Crippen molar-refractivity contribution in [3.05, 3.63) is 41.5 Å². The fourth-order valence-corrected chi connectivity index (χ4v) is 5.58. The first-order valence-electron chi connectivity index (χ1n) is 14.9. The third kappa shape index (κ3) is 16.4. The van der Waals surface area contributed by atoms with Crippen molar-refractivity contribution in [2.45, 2.75) is 117 Å². The Hall–Kier alpha value is -1.01. The Kier molecular flexibility index (Phi) is 16.5. The maximum atomic E-state index is 10.7. The lowest BCUT2D eigenvalue weighted by atomic mass is 9.99. The molecule has 0 heterocycles. The Labute approximate surface area is 247 Å². The van der Waals surface area contributed by atoms with Crippen molar-refractivity contribution in [3.8, 4) is 5.75 Å². The number of hydrogen-bond acceptors (Lipinski definition) is 6. The van der Waals surface area contributed by atoms with Crippen LogP contribution < -0.4 is 4.74 Å². The highest BCUT2D eigenvalue weighted by Gasteiger charge is 2.37. The van der Waals surface area contributed by atoms with Gasteiger partial charge in [0.1, 0.15) is 12.5 Å². The van der Waals surface area contributed by atoms with Gasteiger partial charge in [-0.25, -0.2) is 0 Å². The molecule has 0 aliphatic rings. The summed E-state index contributed by atoms with van der Waals surface area (Å²) in [6.45, 7) is 25.3. The summed E-state index contributed by atoms with van der Waals surface area (Å²) in [5.74, 6) is 1.11. The van der Waals surface area contributed by atoms with Gasteiger partial charge >= 0.3 is 0 Å². The van der Waals surface area contributed by atoms with Gasteiger partial charge in [-0.1, -0.05) is 71.1 Å². The zero-order valence-corrected chi connectivity index (χ0v) is 29.5. The molecule has 0 bridgehead atoms. The standard InChI is InChI=1S/C32H60O6Si2/c1-26(20-29(33)21-27(2)22-36-23-28-13-16-30(34-6)17-14-28)12-15-31(24-38-40(10,11)32(3,4)5)37-25-35-18-19-39(7,8)9/h12-14,16-17,27,29,31,33H,15,18-25H2,1-11H3/t27-,29?,31-/m0/s1. The van der Waals surface area contributed by atoms with Gasteiger partial charge in [-0.2, -0.15) is 0 Å². The summed E-state index contributed by atoms with van der Waals surface area (Å²) in [6.07, 6.45) is 3.81. The Bertz CT molecular complexity index is 842. The Balaban J connectivity index is 2.53. The second kappa shape index (κ2) is 17.8. The molecule has 0 aliphatic carbocycles. The minimum Gasteiger partial charge on any atom is -0.497 e. The molecule has 1 aromatic carbocycles. The largest absolute Gasteiger partial charge is 0.497 e. The number of aliphatic hydroxyl groups is 1. The summed E-state index contributed by atoms with van der Waals surface area (Å²) in [6, 6.07) is 9.04. The Morgan fingerprint density at radius 2 is 1.65 bits per heavy atom. The lowest BCUT2D eigenvalue weighted by Gasteiger charge is -2.37. The summed E-state index contributed by atoms with van der Waals surface area (Å²) < 4.78 is 29.5. The summed E-state index contributed by atoms with van der Waals surface area (Å²) in [7, 11) is -1.34. The van der Waals surface area contributed by atoms with Crippen LogP contribution in [0.3, 0.4) is 0 Å². The third-order valence-electron chi connectivity index (χ3n) is 7.61. The molecule has 0 saturated carbocycles. The van der Waals surface area contributed by atoms with Crippen LogP contribution in [0.15, 0.2) is 35.9 Å². The monoisotopic (exact) mass is 596 g/mol. The molecule has 0 radical (unpaired) electrons. The number of hydrogen-bond donors (Lipinski definition) is 1. The highest BCUT2D eigenvalue weighted by atomic mass is 28.4. The SMILES string of the molecule is COc1ccc(COC[C@@H](C)CC(O)CC(C)=CC[C@@H](CO[Si](C)(C)C(C)(C)C)OCOCC[Si](C)(C)C)cc1. The fourth-order valence-electron chi connectivity index (χ4n) is 3.79. The van der Waals surface area contributed by atoms with Crippen LogP contribution in [-0.4, -0.2) is 67.4 Å². The predicted octanol–water partition coefficient (Wildman–Crippen LogP) is 8.04. The van der Waals surface area contributed by atoms with Crippen molar-refractivity contribution < 1.29 is 28.5 Å². The summed E-state index contributed by atoms with van der Waals surface area (Å²) in [4.78, 5) is 0. The molecule has 8 heteroatoms.